The van der Waals surface area contributed by atoms with Gasteiger partial charge in [-0.15, -0.1) is 0 Å². The number of rotatable bonds is 3. The molecule has 1 heterocycles. The second-order valence-electron chi connectivity index (χ2n) is 5.43. The lowest BCUT2D eigenvalue weighted by atomic mass is 10.1. The first-order valence-corrected chi connectivity index (χ1v) is 6.73. The fraction of sp³-hybridized carbons (Fsp3) is 0.429. The molecule has 0 unspecified atom stereocenters. The van der Waals surface area contributed by atoms with Crippen LogP contribution in [0.3, 0.4) is 0 Å². The largest absolute Gasteiger partial charge is 0.462 e. The number of halogens is 2. The lowest BCUT2D eigenvalue weighted by molar-refractivity contribution is 0.429. The Bertz CT molecular complexity index is 555. The van der Waals surface area contributed by atoms with E-state index in [4.69, 9.17) is 27.6 Å². The maximum atomic E-state index is 6.10. The highest BCUT2D eigenvalue weighted by atomic mass is 35.5. The van der Waals surface area contributed by atoms with Crippen LogP contribution in [0.15, 0.2) is 22.8 Å². The summed E-state index contributed by atoms with van der Waals surface area (Å²) < 4.78 is 5.50. The molecule has 4 heteroatoms. The Morgan fingerprint density at radius 2 is 1.94 bits per heavy atom. The molecule has 1 aromatic heterocycles. The number of nitrogens with one attached hydrogen (secondary N) is 1. The van der Waals surface area contributed by atoms with Crippen molar-refractivity contribution < 1.29 is 4.42 Å². The summed E-state index contributed by atoms with van der Waals surface area (Å²) in [5.74, 6) is 0. The molecule has 2 aromatic rings. The molecule has 0 radical (unpaired) electrons. The summed E-state index contributed by atoms with van der Waals surface area (Å²) in [6.07, 6.45) is 2.67. The summed E-state index contributed by atoms with van der Waals surface area (Å²) in [5.41, 5.74) is 1.95. The third-order valence-corrected chi connectivity index (χ3v) is 3.55. The molecule has 0 aliphatic rings. The summed E-state index contributed by atoms with van der Waals surface area (Å²) in [6, 6.07) is 3.77. The Hall–Kier alpha value is -0.700. The first-order valence-electron chi connectivity index (χ1n) is 5.97. The van der Waals surface area contributed by atoms with Gasteiger partial charge in [-0.2, -0.15) is 0 Å². The van der Waals surface area contributed by atoms with Crippen LogP contribution in [0.4, 0.5) is 0 Å². The standard InChI is InChI=1S/C14H17Cl2NO/c1-14(2,3)17-7-6-9-8-18-13-10(9)4-5-11(15)12(13)16/h4-5,8,17H,6-7H2,1-3H3. The Morgan fingerprint density at radius 3 is 2.61 bits per heavy atom. The topological polar surface area (TPSA) is 25.2 Å². The molecule has 0 aliphatic heterocycles. The van der Waals surface area contributed by atoms with E-state index in [2.05, 4.69) is 26.1 Å². The lowest BCUT2D eigenvalue weighted by Gasteiger charge is -2.20. The zero-order valence-electron chi connectivity index (χ0n) is 10.8. The zero-order valence-corrected chi connectivity index (χ0v) is 12.3. The molecule has 0 atom stereocenters. The minimum Gasteiger partial charge on any atom is -0.462 e. The quantitative estimate of drug-likeness (QED) is 0.887. The van der Waals surface area contributed by atoms with Gasteiger partial charge in [0, 0.05) is 10.9 Å². The third kappa shape index (κ3) is 3.00. The van der Waals surface area contributed by atoms with Crippen LogP contribution in [0.2, 0.25) is 10.0 Å². The Labute approximate surface area is 117 Å². The van der Waals surface area contributed by atoms with E-state index < -0.39 is 0 Å². The molecule has 1 N–H and O–H groups in total. The number of hydrogen-bond acceptors (Lipinski definition) is 2. The van der Waals surface area contributed by atoms with Crippen molar-refractivity contribution in [3.63, 3.8) is 0 Å². The van der Waals surface area contributed by atoms with E-state index in [0.29, 0.717) is 15.6 Å². The number of fused-ring (bicyclic) bond motifs is 1. The Balaban J connectivity index is 2.18. The molecule has 0 saturated carbocycles. The highest BCUT2D eigenvalue weighted by molar-refractivity contribution is 6.44. The number of benzene rings is 1. The predicted octanol–water partition coefficient (Wildman–Crippen LogP) is 4.67. The van der Waals surface area contributed by atoms with E-state index in [0.717, 1.165) is 23.9 Å². The van der Waals surface area contributed by atoms with Gasteiger partial charge in [-0.3, -0.25) is 0 Å². The minimum absolute atomic E-state index is 0.125. The summed E-state index contributed by atoms with van der Waals surface area (Å²) >= 11 is 12.1. The highest BCUT2D eigenvalue weighted by Gasteiger charge is 2.13. The molecule has 98 valence electrons. The molecule has 2 nitrogen and oxygen atoms in total. The SMILES string of the molecule is CC(C)(C)NCCc1coc2c(Cl)c(Cl)ccc12. The van der Waals surface area contributed by atoms with Gasteiger partial charge in [-0.25, -0.2) is 0 Å². The second-order valence-corrected chi connectivity index (χ2v) is 6.21. The third-order valence-electron chi connectivity index (χ3n) is 2.76. The van der Waals surface area contributed by atoms with E-state index in [1.807, 2.05) is 12.1 Å². The smallest absolute Gasteiger partial charge is 0.154 e. The molecule has 0 amide bonds. The first-order chi connectivity index (χ1) is 8.38. The summed E-state index contributed by atoms with van der Waals surface area (Å²) in [4.78, 5) is 0. The van der Waals surface area contributed by atoms with Crippen LogP contribution in [0.1, 0.15) is 26.3 Å². The van der Waals surface area contributed by atoms with Gasteiger partial charge in [0.2, 0.25) is 0 Å². The van der Waals surface area contributed by atoms with Crippen LogP contribution < -0.4 is 5.32 Å². The van der Waals surface area contributed by atoms with Crippen LogP contribution in [0, 0.1) is 0 Å². The van der Waals surface area contributed by atoms with Crippen LogP contribution in [-0.4, -0.2) is 12.1 Å². The van der Waals surface area contributed by atoms with Crippen LogP contribution >= 0.6 is 23.2 Å². The Kier molecular flexibility index (Phi) is 3.90. The van der Waals surface area contributed by atoms with Crippen molar-refractivity contribution in [1.82, 2.24) is 5.32 Å². The van der Waals surface area contributed by atoms with E-state index in [9.17, 15) is 0 Å². The van der Waals surface area contributed by atoms with Gasteiger partial charge < -0.3 is 9.73 Å². The number of hydrogen-bond donors (Lipinski definition) is 1. The summed E-state index contributed by atoms with van der Waals surface area (Å²) in [6.45, 7) is 7.35. The Morgan fingerprint density at radius 1 is 1.22 bits per heavy atom. The maximum absolute atomic E-state index is 6.10. The van der Waals surface area contributed by atoms with Gasteiger partial charge in [0.1, 0.15) is 5.02 Å². The van der Waals surface area contributed by atoms with Crippen molar-refractivity contribution in [2.24, 2.45) is 0 Å². The van der Waals surface area contributed by atoms with Gasteiger partial charge in [0.05, 0.1) is 11.3 Å². The van der Waals surface area contributed by atoms with E-state index in [1.54, 1.807) is 6.26 Å². The fourth-order valence-corrected chi connectivity index (χ4v) is 2.22. The van der Waals surface area contributed by atoms with Gasteiger partial charge in [0.25, 0.3) is 0 Å². The van der Waals surface area contributed by atoms with Crippen molar-refractivity contribution in [3.05, 3.63) is 34.0 Å². The molecule has 2 rings (SSSR count). The first kappa shape index (κ1) is 13.7. The maximum Gasteiger partial charge on any atom is 0.154 e. The average molecular weight is 286 g/mol. The van der Waals surface area contributed by atoms with Crippen LogP contribution in [0.25, 0.3) is 11.0 Å². The van der Waals surface area contributed by atoms with Gasteiger partial charge >= 0.3 is 0 Å². The number of furan rings is 1. The fourth-order valence-electron chi connectivity index (χ4n) is 1.86. The van der Waals surface area contributed by atoms with Crippen molar-refractivity contribution >= 4 is 34.2 Å². The monoisotopic (exact) mass is 285 g/mol. The molecule has 0 fully saturated rings. The predicted molar refractivity (Wildman–Crippen MR) is 77.7 cm³/mol. The van der Waals surface area contributed by atoms with E-state index in [1.165, 1.54) is 0 Å². The van der Waals surface area contributed by atoms with Gasteiger partial charge in [0.15, 0.2) is 5.58 Å². The zero-order chi connectivity index (χ0) is 13.3. The molecule has 0 spiro atoms. The molecular formula is C14H17Cl2NO. The summed E-state index contributed by atoms with van der Waals surface area (Å²) in [7, 11) is 0. The lowest BCUT2D eigenvalue weighted by Crippen LogP contribution is -2.37. The van der Waals surface area contributed by atoms with Crippen molar-refractivity contribution in [2.75, 3.05) is 6.54 Å². The molecule has 1 aromatic carbocycles. The van der Waals surface area contributed by atoms with Gasteiger partial charge in [-0.1, -0.05) is 23.2 Å². The van der Waals surface area contributed by atoms with Crippen LogP contribution in [0.5, 0.6) is 0 Å². The normalized spacial score (nSPS) is 12.3. The molecule has 18 heavy (non-hydrogen) atoms. The molecule has 0 bridgehead atoms. The molecule has 0 aliphatic carbocycles. The van der Waals surface area contributed by atoms with Gasteiger partial charge in [-0.05, 0) is 51.4 Å². The van der Waals surface area contributed by atoms with Crippen molar-refractivity contribution in [2.45, 2.75) is 32.7 Å². The highest BCUT2D eigenvalue weighted by Crippen LogP contribution is 2.33. The van der Waals surface area contributed by atoms with Crippen molar-refractivity contribution in [1.29, 1.82) is 0 Å². The van der Waals surface area contributed by atoms with Crippen molar-refractivity contribution in [3.8, 4) is 0 Å². The van der Waals surface area contributed by atoms with Crippen LogP contribution in [-0.2, 0) is 6.42 Å². The molecular weight excluding hydrogens is 269 g/mol. The summed E-state index contributed by atoms with van der Waals surface area (Å²) in [5, 5.41) is 5.51. The molecule has 0 saturated heterocycles. The second kappa shape index (κ2) is 5.12. The van der Waals surface area contributed by atoms with E-state index >= 15 is 0 Å². The minimum atomic E-state index is 0.125. The van der Waals surface area contributed by atoms with E-state index in [-0.39, 0.29) is 5.54 Å². The average Bonchev–Trinajstić information content (AvgIpc) is 2.66.